The van der Waals surface area contributed by atoms with E-state index in [1.165, 1.54) is 0 Å². The quantitative estimate of drug-likeness (QED) is 0.706. The summed E-state index contributed by atoms with van der Waals surface area (Å²) < 4.78 is 40.7. The van der Waals surface area contributed by atoms with Gasteiger partial charge in [-0.1, -0.05) is 24.6 Å². The van der Waals surface area contributed by atoms with Crippen molar-refractivity contribution in [1.82, 2.24) is 8.61 Å². The number of rotatable bonds is 8. The fourth-order valence-corrected chi connectivity index (χ4v) is 5.06. The van der Waals surface area contributed by atoms with Gasteiger partial charge in [0.2, 0.25) is 0 Å². The molecule has 1 atom stereocenters. The third-order valence-corrected chi connectivity index (χ3v) is 6.75. The van der Waals surface area contributed by atoms with Crippen molar-refractivity contribution in [2.24, 2.45) is 0 Å². The second-order valence-corrected chi connectivity index (χ2v) is 8.55. The van der Waals surface area contributed by atoms with Crippen LogP contribution in [-0.2, 0) is 14.9 Å². The molecule has 0 aliphatic carbocycles. The highest BCUT2D eigenvalue weighted by atomic mass is 32.2. The standard InChI is InChI=1S/C18H28N2O4S/c21-25(22,19-11-5-2-6-12-19)20(16-18-10-7-14-23-18)13-15-24-17-8-3-1-4-9-17/h1,3-4,8-9,18H,2,5-7,10-16H2. The summed E-state index contributed by atoms with van der Waals surface area (Å²) in [4.78, 5) is 0. The molecule has 0 radical (unpaired) electrons. The molecule has 6 nitrogen and oxygen atoms in total. The third-order valence-electron chi connectivity index (χ3n) is 4.75. The maximum atomic E-state index is 13.1. The monoisotopic (exact) mass is 368 g/mol. The molecule has 7 heteroatoms. The van der Waals surface area contributed by atoms with Crippen molar-refractivity contribution in [2.75, 3.05) is 39.4 Å². The van der Waals surface area contributed by atoms with E-state index in [1.807, 2.05) is 30.3 Å². The maximum Gasteiger partial charge on any atom is 0.282 e. The van der Waals surface area contributed by atoms with Crippen molar-refractivity contribution in [3.8, 4) is 5.75 Å². The van der Waals surface area contributed by atoms with Gasteiger partial charge in [-0.25, -0.2) is 0 Å². The zero-order valence-electron chi connectivity index (χ0n) is 14.7. The Balaban J connectivity index is 1.63. The Morgan fingerprint density at radius 1 is 1.12 bits per heavy atom. The molecule has 2 aliphatic heterocycles. The minimum Gasteiger partial charge on any atom is -0.492 e. The molecule has 0 spiro atoms. The molecule has 25 heavy (non-hydrogen) atoms. The molecule has 0 saturated carbocycles. The Labute approximate surface area is 150 Å². The second kappa shape index (κ2) is 8.98. The molecule has 0 bridgehead atoms. The number of nitrogens with zero attached hydrogens (tertiary/aromatic N) is 2. The van der Waals surface area contributed by atoms with Gasteiger partial charge in [0.05, 0.1) is 6.10 Å². The summed E-state index contributed by atoms with van der Waals surface area (Å²) in [7, 11) is -3.46. The Morgan fingerprint density at radius 2 is 1.88 bits per heavy atom. The fraction of sp³-hybridized carbons (Fsp3) is 0.667. The first kappa shape index (κ1) is 18.6. The number of hydrogen-bond acceptors (Lipinski definition) is 4. The van der Waals surface area contributed by atoms with Crippen molar-refractivity contribution >= 4 is 10.2 Å². The zero-order chi connectivity index (χ0) is 17.5. The summed E-state index contributed by atoms with van der Waals surface area (Å²) in [6, 6.07) is 9.50. The average molecular weight is 368 g/mol. The third kappa shape index (κ3) is 5.17. The molecule has 0 amide bonds. The van der Waals surface area contributed by atoms with Crippen LogP contribution in [0.1, 0.15) is 32.1 Å². The van der Waals surface area contributed by atoms with Gasteiger partial charge in [-0.05, 0) is 37.8 Å². The lowest BCUT2D eigenvalue weighted by atomic mass is 10.2. The van der Waals surface area contributed by atoms with E-state index in [2.05, 4.69) is 0 Å². The van der Waals surface area contributed by atoms with Crippen molar-refractivity contribution in [2.45, 2.75) is 38.2 Å². The lowest BCUT2D eigenvalue weighted by Gasteiger charge is -2.33. The van der Waals surface area contributed by atoms with Gasteiger partial charge < -0.3 is 9.47 Å². The minimum absolute atomic E-state index is 0.00343. The number of ether oxygens (including phenoxy) is 2. The number of piperidine rings is 1. The highest BCUT2D eigenvalue weighted by Crippen LogP contribution is 2.20. The van der Waals surface area contributed by atoms with Crippen molar-refractivity contribution in [3.05, 3.63) is 30.3 Å². The van der Waals surface area contributed by atoms with Crippen molar-refractivity contribution < 1.29 is 17.9 Å². The SMILES string of the molecule is O=S(=O)(N1CCCCC1)N(CCOc1ccccc1)CC1CCCO1. The van der Waals surface area contributed by atoms with Crippen LogP contribution in [-0.4, -0.2) is 62.5 Å². The smallest absolute Gasteiger partial charge is 0.282 e. The van der Waals surface area contributed by atoms with Gasteiger partial charge in [0.1, 0.15) is 12.4 Å². The van der Waals surface area contributed by atoms with Gasteiger partial charge in [-0.15, -0.1) is 0 Å². The summed E-state index contributed by atoms with van der Waals surface area (Å²) in [6.07, 6.45) is 4.90. The Hall–Kier alpha value is -1.15. The first-order valence-electron chi connectivity index (χ1n) is 9.21. The van der Waals surface area contributed by atoms with E-state index in [1.54, 1.807) is 8.61 Å². The summed E-state index contributed by atoms with van der Waals surface area (Å²) >= 11 is 0. The second-order valence-electron chi connectivity index (χ2n) is 6.62. The van der Waals surface area contributed by atoms with E-state index in [-0.39, 0.29) is 6.10 Å². The van der Waals surface area contributed by atoms with E-state index in [9.17, 15) is 8.42 Å². The van der Waals surface area contributed by atoms with Crippen molar-refractivity contribution in [1.29, 1.82) is 0 Å². The predicted molar refractivity (Wildman–Crippen MR) is 96.8 cm³/mol. The van der Waals surface area contributed by atoms with Gasteiger partial charge in [0.15, 0.2) is 0 Å². The molecule has 2 saturated heterocycles. The molecule has 2 heterocycles. The van der Waals surface area contributed by atoms with Crippen LogP contribution in [0.5, 0.6) is 5.75 Å². The van der Waals surface area contributed by atoms with Crippen LogP contribution in [0.2, 0.25) is 0 Å². The number of hydrogen-bond donors (Lipinski definition) is 0. The molecular formula is C18H28N2O4S. The van der Waals surface area contributed by atoms with Crippen LogP contribution < -0.4 is 4.74 Å². The fourth-order valence-electron chi connectivity index (χ4n) is 3.36. The lowest BCUT2D eigenvalue weighted by Crippen LogP contribution is -2.49. The summed E-state index contributed by atoms with van der Waals surface area (Å²) in [6.45, 7) is 3.05. The van der Waals surface area contributed by atoms with Crippen LogP contribution in [0, 0.1) is 0 Å². The van der Waals surface area contributed by atoms with E-state index in [0.29, 0.717) is 32.8 Å². The molecule has 1 aromatic carbocycles. The first-order valence-corrected chi connectivity index (χ1v) is 10.6. The minimum atomic E-state index is -3.46. The van der Waals surface area contributed by atoms with Crippen molar-refractivity contribution in [3.63, 3.8) is 0 Å². The van der Waals surface area contributed by atoms with E-state index in [0.717, 1.165) is 44.5 Å². The highest BCUT2D eigenvalue weighted by Gasteiger charge is 2.33. The largest absolute Gasteiger partial charge is 0.492 e. The maximum absolute atomic E-state index is 13.1. The van der Waals surface area contributed by atoms with E-state index in [4.69, 9.17) is 9.47 Å². The van der Waals surface area contributed by atoms with Gasteiger partial charge in [0.25, 0.3) is 10.2 Å². The summed E-state index contributed by atoms with van der Waals surface area (Å²) in [5, 5.41) is 0. The van der Waals surface area contributed by atoms with Crippen LogP contribution in [0.25, 0.3) is 0 Å². The molecule has 140 valence electrons. The average Bonchev–Trinajstić information content (AvgIpc) is 3.16. The first-order chi connectivity index (χ1) is 12.2. The van der Waals surface area contributed by atoms with E-state index < -0.39 is 10.2 Å². The summed E-state index contributed by atoms with van der Waals surface area (Å²) in [5.41, 5.74) is 0. The number of para-hydroxylation sites is 1. The summed E-state index contributed by atoms with van der Waals surface area (Å²) in [5.74, 6) is 0.759. The Morgan fingerprint density at radius 3 is 2.56 bits per heavy atom. The normalized spacial score (nSPS) is 22.4. The molecule has 0 aromatic heterocycles. The molecule has 1 unspecified atom stereocenters. The molecule has 1 aromatic rings. The molecule has 2 fully saturated rings. The topological polar surface area (TPSA) is 59.1 Å². The molecule has 2 aliphatic rings. The van der Waals surface area contributed by atoms with Crippen LogP contribution in [0.3, 0.4) is 0 Å². The van der Waals surface area contributed by atoms with Gasteiger partial charge in [-0.3, -0.25) is 0 Å². The lowest BCUT2D eigenvalue weighted by molar-refractivity contribution is 0.0889. The van der Waals surface area contributed by atoms with Crippen LogP contribution in [0.15, 0.2) is 30.3 Å². The Kier molecular flexibility index (Phi) is 6.70. The molecule has 0 N–H and O–H groups in total. The molecular weight excluding hydrogens is 340 g/mol. The zero-order valence-corrected chi connectivity index (χ0v) is 15.5. The molecule has 3 rings (SSSR count). The van der Waals surface area contributed by atoms with Gasteiger partial charge in [-0.2, -0.15) is 17.0 Å². The van der Waals surface area contributed by atoms with Crippen LogP contribution >= 0.6 is 0 Å². The number of benzene rings is 1. The van der Waals surface area contributed by atoms with Gasteiger partial charge >= 0.3 is 0 Å². The van der Waals surface area contributed by atoms with E-state index >= 15 is 0 Å². The van der Waals surface area contributed by atoms with Gasteiger partial charge in [0, 0.05) is 32.8 Å². The Bertz CT molecular complexity index is 611. The predicted octanol–water partition coefficient (Wildman–Crippen LogP) is 2.28. The highest BCUT2D eigenvalue weighted by molar-refractivity contribution is 7.86. The van der Waals surface area contributed by atoms with Crippen LogP contribution in [0.4, 0.5) is 0 Å².